The number of aromatic nitrogens is 3. The summed E-state index contributed by atoms with van der Waals surface area (Å²) >= 11 is 0. The maximum atomic E-state index is 13.1. The molecule has 0 aliphatic rings. The van der Waals surface area contributed by atoms with Crippen LogP contribution in [0.4, 0.5) is 5.69 Å². The van der Waals surface area contributed by atoms with Gasteiger partial charge in [-0.15, -0.1) is 0 Å². The summed E-state index contributed by atoms with van der Waals surface area (Å²) < 4.78 is 7.03. The summed E-state index contributed by atoms with van der Waals surface area (Å²) in [7, 11) is 2.84. The summed E-state index contributed by atoms with van der Waals surface area (Å²) in [4.78, 5) is 78.1. The predicted molar refractivity (Wildman–Crippen MR) is 143 cm³/mol. The van der Waals surface area contributed by atoms with Crippen LogP contribution in [0.5, 0.6) is 0 Å². The van der Waals surface area contributed by atoms with Crippen molar-refractivity contribution in [2.45, 2.75) is 51.7 Å². The number of hydrogen-bond acceptors (Lipinski definition) is 8. The molecule has 0 saturated carbocycles. The quantitative estimate of drug-likeness (QED) is 0.188. The van der Waals surface area contributed by atoms with Crippen molar-refractivity contribution in [1.29, 1.82) is 0 Å². The number of rotatable bonds is 14. The van der Waals surface area contributed by atoms with E-state index < -0.39 is 53.8 Å². The molecule has 14 nitrogen and oxygen atoms in total. The van der Waals surface area contributed by atoms with Gasteiger partial charge in [0.05, 0.1) is 19.6 Å². The van der Waals surface area contributed by atoms with Gasteiger partial charge in [-0.25, -0.2) is 14.6 Å². The SMILES string of the molecule is CCC(C)C(NC(=O)Cn1cccc(NC(=O)C(CCC=CC(=O)OC)NC(=O)c2cncn2C)c1=O)C(=O)O. The number of pyridine rings is 1. The van der Waals surface area contributed by atoms with Gasteiger partial charge >= 0.3 is 11.9 Å². The molecule has 0 aliphatic heterocycles. The zero-order valence-corrected chi connectivity index (χ0v) is 22.7. The molecule has 0 spiro atoms. The van der Waals surface area contributed by atoms with E-state index >= 15 is 0 Å². The molecule has 2 aromatic heterocycles. The molecule has 2 rings (SSSR count). The van der Waals surface area contributed by atoms with Gasteiger partial charge < -0.3 is 34.9 Å². The van der Waals surface area contributed by atoms with Crippen LogP contribution in [-0.2, 0) is 37.5 Å². The zero-order valence-electron chi connectivity index (χ0n) is 22.7. The van der Waals surface area contributed by atoms with Gasteiger partial charge in [-0.3, -0.25) is 19.2 Å². The van der Waals surface area contributed by atoms with Crippen molar-refractivity contribution in [2.75, 3.05) is 12.4 Å². The van der Waals surface area contributed by atoms with Crippen LogP contribution in [0.2, 0.25) is 0 Å². The highest BCUT2D eigenvalue weighted by atomic mass is 16.5. The number of allylic oxidation sites excluding steroid dienone is 1. The van der Waals surface area contributed by atoms with Gasteiger partial charge in [0.1, 0.15) is 30.0 Å². The molecule has 4 N–H and O–H groups in total. The Bertz CT molecular complexity index is 1310. The second kappa shape index (κ2) is 15.0. The lowest BCUT2D eigenvalue weighted by Crippen LogP contribution is -2.47. The fourth-order valence-corrected chi connectivity index (χ4v) is 3.62. The third-order valence-electron chi connectivity index (χ3n) is 6.14. The number of carboxylic acid groups (broad SMARTS) is 1. The van der Waals surface area contributed by atoms with E-state index in [0.717, 1.165) is 4.57 Å². The highest BCUT2D eigenvalue weighted by molar-refractivity contribution is 6.00. The minimum absolute atomic E-state index is 0.0819. The molecule has 0 fully saturated rings. The Kier molecular flexibility index (Phi) is 11.8. The Morgan fingerprint density at radius 1 is 1.20 bits per heavy atom. The number of aryl methyl sites for hydroxylation is 1. The van der Waals surface area contributed by atoms with Crippen LogP contribution in [0.15, 0.2) is 47.8 Å². The third kappa shape index (κ3) is 8.92. The number of anilines is 1. The van der Waals surface area contributed by atoms with Gasteiger partial charge in [0, 0.05) is 19.3 Å². The van der Waals surface area contributed by atoms with Crippen LogP contribution in [-0.4, -0.2) is 68.1 Å². The van der Waals surface area contributed by atoms with Gasteiger partial charge in [-0.1, -0.05) is 26.3 Å². The average Bonchev–Trinajstić information content (AvgIpc) is 3.36. The summed E-state index contributed by atoms with van der Waals surface area (Å²) in [6.07, 6.45) is 7.59. The van der Waals surface area contributed by atoms with Gasteiger partial charge in [-0.05, 0) is 30.9 Å². The Morgan fingerprint density at radius 2 is 1.93 bits per heavy atom. The first kappa shape index (κ1) is 31.5. The molecule has 2 heterocycles. The number of imidazole rings is 1. The number of esters is 1. The van der Waals surface area contributed by atoms with E-state index in [0.29, 0.717) is 6.42 Å². The normalized spacial score (nSPS) is 13.2. The van der Waals surface area contributed by atoms with Crippen LogP contribution >= 0.6 is 0 Å². The molecule has 3 atom stereocenters. The smallest absolute Gasteiger partial charge is 0.330 e. The summed E-state index contributed by atoms with van der Waals surface area (Å²) in [6, 6.07) is 0.557. The number of carboxylic acids is 1. The van der Waals surface area contributed by atoms with Gasteiger partial charge in [0.25, 0.3) is 11.5 Å². The van der Waals surface area contributed by atoms with Gasteiger partial charge in [-0.2, -0.15) is 0 Å². The molecule has 40 heavy (non-hydrogen) atoms. The van der Waals surface area contributed by atoms with Crippen molar-refractivity contribution in [2.24, 2.45) is 13.0 Å². The monoisotopic (exact) mass is 558 g/mol. The lowest BCUT2D eigenvalue weighted by atomic mass is 9.99. The first-order valence-electron chi connectivity index (χ1n) is 12.5. The molecule has 0 aliphatic carbocycles. The van der Waals surface area contributed by atoms with Crippen molar-refractivity contribution in [3.63, 3.8) is 0 Å². The summed E-state index contributed by atoms with van der Waals surface area (Å²) in [6.45, 7) is 3.02. The van der Waals surface area contributed by atoms with Crippen molar-refractivity contribution in [3.05, 3.63) is 59.1 Å². The number of nitrogens with one attached hydrogen (secondary N) is 3. The minimum atomic E-state index is -1.18. The molecule has 0 radical (unpaired) electrons. The summed E-state index contributed by atoms with van der Waals surface area (Å²) in [5, 5.41) is 16.9. The van der Waals surface area contributed by atoms with E-state index in [9.17, 15) is 33.9 Å². The Hall–Kier alpha value is -4.75. The topological polar surface area (TPSA) is 191 Å². The van der Waals surface area contributed by atoms with E-state index in [1.807, 2.05) is 0 Å². The molecular formula is C26H34N6O8. The largest absolute Gasteiger partial charge is 0.480 e. The van der Waals surface area contributed by atoms with Crippen LogP contribution in [0.1, 0.15) is 43.6 Å². The van der Waals surface area contributed by atoms with E-state index in [2.05, 4.69) is 25.7 Å². The third-order valence-corrected chi connectivity index (χ3v) is 6.14. The number of ether oxygens (including phenoxy) is 1. The molecule has 0 saturated heterocycles. The van der Waals surface area contributed by atoms with Crippen molar-refractivity contribution in [1.82, 2.24) is 24.8 Å². The van der Waals surface area contributed by atoms with E-state index in [-0.39, 0.29) is 30.1 Å². The van der Waals surface area contributed by atoms with E-state index in [1.54, 1.807) is 20.9 Å². The average molecular weight is 559 g/mol. The first-order valence-corrected chi connectivity index (χ1v) is 12.5. The highest BCUT2D eigenvalue weighted by Crippen LogP contribution is 2.09. The van der Waals surface area contributed by atoms with Crippen molar-refractivity contribution < 1.29 is 33.8 Å². The molecule has 14 heteroatoms. The lowest BCUT2D eigenvalue weighted by Gasteiger charge is -2.20. The number of carbonyl (C=O) groups excluding carboxylic acids is 4. The molecule has 216 valence electrons. The fourth-order valence-electron chi connectivity index (χ4n) is 3.62. The Balaban J connectivity index is 2.19. The van der Waals surface area contributed by atoms with Gasteiger partial charge in [0.15, 0.2) is 0 Å². The van der Waals surface area contributed by atoms with Gasteiger partial charge in [0.2, 0.25) is 11.8 Å². The van der Waals surface area contributed by atoms with Crippen molar-refractivity contribution >= 4 is 35.3 Å². The molecule has 3 unspecified atom stereocenters. The highest BCUT2D eigenvalue weighted by Gasteiger charge is 2.26. The second-order valence-corrected chi connectivity index (χ2v) is 9.03. The number of aliphatic carboxylic acids is 1. The molecular weight excluding hydrogens is 524 g/mol. The van der Waals surface area contributed by atoms with Crippen LogP contribution in [0.3, 0.4) is 0 Å². The number of carbonyl (C=O) groups is 5. The van der Waals surface area contributed by atoms with E-state index in [1.165, 1.54) is 54.7 Å². The standard InChI is InChI=1S/C26H34N6O8/c1-5-16(2)22(26(38)39)30-20(33)14-32-12-8-10-18(25(32)37)29-23(35)17(9-6-7-11-21(34)40-4)28-24(36)19-13-27-15-31(19)3/h7-8,10-13,15-17,22H,5-6,9,14H2,1-4H3,(H,28,36)(H,29,35)(H,30,33)(H,38,39). The molecule has 2 aromatic rings. The summed E-state index contributed by atoms with van der Waals surface area (Å²) in [5.74, 6) is -4.05. The first-order chi connectivity index (χ1) is 19.0. The Morgan fingerprint density at radius 3 is 2.52 bits per heavy atom. The van der Waals surface area contributed by atoms with Crippen molar-refractivity contribution in [3.8, 4) is 0 Å². The van der Waals surface area contributed by atoms with Crippen LogP contribution in [0.25, 0.3) is 0 Å². The number of methoxy groups -OCH3 is 1. The maximum Gasteiger partial charge on any atom is 0.330 e. The lowest BCUT2D eigenvalue weighted by molar-refractivity contribution is -0.143. The maximum absolute atomic E-state index is 13.1. The number of hydrogen-bond donors (Lipinski definition) is 4. The van der Waals surface area contributed by atoms with Crippen LogP contribution < -0.4 is 21.5 Å². The second-order valence-electron chi connectivity index (χ2n) is 9.03. The predicted octanol–water partition coefficient (Wildman–Crippen LogP) is 0.444. The zero-order chi connectivity index (χ0) is 29.8. The minimum Gasteiger partial charge on any atom is -0.480 e. The van der Waals surface area contributed by atoms with E-state index in [4.69, 9.17) is 0 Å². The van der Waals surface area contributed by atoms with Crippen LogP contribution in [0, 0.1) is 5.92 Å². The number of nitrogens with zero attached hydrogens (tertiary/aromatic N) is 3. The molecule has 3 amide bonds. The Labute approximate surface area is 230 Å². The summed E-state index contributed by atoms with van der Waals surface area (Å²) in [5.41, 5.74) is -0.654. The molecule has 0 bridgehead atoms. The molecule has 0 aromatic carbocycles. The fraction of sp³-hybridized carbons (Fsp3) is 0.423. The number of amides is 3.